The zero-order valence-corrected chi connectivity index (χ0v) is 12.6. The number of halogens is 3. The van der Waals surface area contributed by atoms with Gasteiger partial charge in [0.15, 0.2) is 0 Å². The summed E-state index contributed by atoms with van der Waals surface area (Å²) >= 11 is 18.5. The summed E-state index contributed by atoms with van der Waals surface area (Å²) in [6, 6.07) is 4.01. The Morgan fingerprint density at radius 1 is 1.28 bits per heavy atom. The van der Waals surface area contributed by atoms with E-state index >= 15 is 0 Å². The first kappa shape index (κ1) is 14.3. The summed E-state index contributed by atoms with van der Waals surface area (Å²) in [7, 11) is 0. The Kier molecular flexibility index (Phi) is 5.02. The van der Waals surface area contributed by atoms with E-state index in [4.69, 9.17) is 34.8 Å². The van der Waals surface area contributed by atoms with Gasteiger partial charge in [0.1, 0.15) is 0 Å². The Hall–Kier alpha value is -0.150. The number of likely N-dealkylation sites (N-methyl/N-ethyl adjacent to an activating group) is 1. The van der Waals surface area contributed by atoms with E-state index in [0.29, 0.717) is 21.1 Å². The van der Waals surface area contributed by atoms with Crippen LogP contribution in [0.1, 0.15) is 19.8 Å². The van der Waals surface area contributed by atoms with Gasteiger partial charge in [0.05, 0.1) is 15.7 Å². The van der Waals surface area contributed by atoms with E-state index < -0.39 is 0 Å². The zero-order chi connectivity index (χ0) is 13.1. The molecule has 1 atom stereocenters. The van der Waals surface area contributed by atoms with Crippen LogP contribution in [0.4, 0.5) is 5.69 Å². The lowest BCUT2D eigenvalue weighted by atomic mass is 10.0. The fourth-order valence-electron chi connectivity index (χ4n) is 2.47. The lowest BCUT2D eigenvalue weighted by Gasteiger charge is -2.35. The summed E-state index contributed by atoms with van der Waals surface area (Å²) in [5.74, 6) is 0. The van der Waals surface area contributed by atoms with Crippen LogP contribution in [0.25, 0.3) is 0 Å². The Balaban J connectivity index is 2.20. The third kappa shape index (κ3) is 3.24. The summed E-state index contributed by atoms with van der Waals surface area (Å²) in [4.78, 5) is 2.25. The summed E-state index contributed by atoms with van der Waals surface area (Å²) in [6.07, 6.45) is 2.35. The van der Waals surface area contributed by atoms with E-state index in [1.54, 1.807) is 12.1 Å². The molecule has 1 unspecified atom stereocenters. The molecule has 100 valence electrons. The van der Waals surface area contributed by atoms with E-state index in [2.05, 4.69) is 17.1 Å². The number of anilines is 1. The first-order valence-corrected chi connectivity index (χ1v) is 7.38. The molecule has 1 saturated heterocycles. The van der Waals surface area contributed by atoms with Crippen molar-refractivity contribution < 1.29 is 0 Å². The van der Waals surface area contributed by atoms with Crippen LogP contribution in [-0.4, -0.2) is 25.7 Å². The molecule has 1 fully saturated rings. The molecule has 1 aliphatic heterocycles. The molecular formula is C13H17Cl3N2. The van der Waals surface area contributed by atoms with Crippen molar-refractivity contribution in [3.05, 3.63) is 27.2 Å². The molecule has 0 spiro atoms. The van der Waals surface area contributed by atoms with Gasteiger partial charge in [0, 0.05) is 24.2 Å². The van der Waals surface area contributed by atoms with Crippen molar-refractivity contribution in [2.24, 2.45) is 0 Å². The van der Waals surface area contributed by atoms with E-state index in [1.807, 2.05) is 0 Å². The van der Waals surface area contributed by atoms with Crippen molar-refractivity contribution in [2.45, 2.75) is 25.8 Å². The highest BCUT2D eigenvalue weighted by Gasteiger charge is 2.22. The second kappa shape index (κ2) is 6.33. The number of benzene rings is 1. The number of nitrogens with one attached hydrogen (secondary N) is 1. The van der Waals surface area contributed by atoms with Crippen molar-refractivity contribution in [1.29, 1.82) is 0 Å². The molecule has 1 aromatic rings. The Morgan fingerprint density at radius 2 is 1.94 bits per heavy atom. The molecule has 0 bridgehead atoms. The van der Waals surface area contributed by atoms with Gasteiger partial charge in [-0.25, -0.2) is 0 Å². The molecule has 5 heteroatoms. The Morgan fingerprint density at radius 3 is 2.56 bits per heavy atom. The highest BCUT2D eigenvalue weighted by molar-refractivity contribution is 6.41. The van der Waals surface area contributed by atoms with Crippen LogP contribution in [0.2, 0.25) is 15.1 Å². The molecule has 0 aliphatic carbocycles. The van der Waals surface area contributed by atoms with Gasteiger partial charge in [0.2, 0.25) is 0 Å². The summed E-state index contributed by atoms with van der Waals surface area (Å²) in [5.41, 5.74) is 0.908. The quantitative estimate of drug-likeness (QED) is 0.899. The van der Waals surface area contributed by atoms with Gasteiger partial charge in [-0.15, -0.1) is 0 Å². The van der Waals surface area contributed by atoms with E-state index in [0.717, 1.165) is 31.7 Å². The average molecular weight is 308 g/mol. The molecule has 0 saturated carbocycles. The number of nitrogens with zero attached hydrogens (tertiary/aromatic N) is 1. The molecule has 2 rings (SSSR count). The van der Waals surface area contributed by atoms with Gasteiger partial charge in [-0.3, -0.25) is 0 Å². The third-order valence-electron chi connectivity index (χ3n) is 3.21. The van der Waals surface area contributed by atoms with Gasteiger partial charge >= 0.3 is 0 Å². The third-order valence-corrected chi connectivity index (χ3v) is 4.01. The van der Waals surface area contributed by atoms with Crippen molar-refractivity contribution in [1.82, 2.24) is 5.32 Å². The summed E-state index contributed by atoms with van der Waals surface area (Å²) < 4.78 is 0. The standard InChI is InChI=1S/C13H17Cl3N2/c1-2-17-10-4-3-5-18(8-10)13-11(15)6-9(14)7-12(13)16/h6-7,10,17H,2-5,8H2,1H3. The van der Waals surface area contributed by atoms with Crippen LogP contribution < -0.4 is 10.2 Å². The van der Waals surface area contributed by atoms with Gasteiger partial charge in [0.25, 0.3) is 0 Å². The molecular weight excluding hydrogens is 291 g/mol. The summed E-state index contributed by atoms with van der Waals surface area (Å²) in [6.45, 7) is 5.04. The maximum absolute atomic E-state index is 6.26. The number of hydrogen-bond donors (Lipinski definition) is 1. The Labute approximate surface area is 123 Å². The van der Waals surface area contributed by atoms with Crippen LogP contribution in [0, 0.1) is 0 Å². The number of piperidine rings is 1. The minimum Gasteiger partial charge on any atom is -0.368 e. The summed E-state index contributed by atoms with van der Waals surface area (Å²) in [5, 5.41) is 5.32. The molecule has 18 heavy (non-hydrogen) atoms. The topological polar surface area (TPSA) is 15.3 Å². The van der Waals surface area contributed by atoms with Gasteiger partial charge in [-0.05, 0) is 31.5 Å². The van der Waals surface area contributed by atoms with Crippen molar-refractivity contribution in [3.8, 4) is 0 Å². The van der Waals surface area contributed by atoms with Gasteiger partial charge in [-0.2, -0.15) is 0 Å². The second-order valence-corrected chi connectivity index (χ2v) is 5.81. The number of rotatable bonds is 3. The van der Waals surface area contributed by atoms with Crippen molar-refractivity contribution in [2.75, 3.05) is 24.5 Å². The minimum absolute atomic E-state index is 0.506. The number of hydrogen-bond acceptors (Lipinski definition) is 2. The van der Waals surface area contributed by atoms with Crippen LogP contribution in [-0.2, 0) is 0 Å². The van der Waals surface area contributed by atoms with Gasteiger partial charge < -0.3 is 10.2 Å². The fourth-order valence-corrected chi connectivity index (χ4v) is 3.53. The molecule has 0 radical (unpaired) electrons. The molecule has 1 aliphatic rings. The molecule has 1 N–H and O–H groups in total. The van der Waals surface area contributed by atoms with Crippen LogP contribution in [0.5, 0.6) is 0 Å². The second-order valence-electron chi connectivity index (χ2n) is 4.56. The lowest BCUT2D eigenvalue weighted by molar-refractivity contribution is 0.431. The predicted octanol–water partition coefficient (Wildman–Crippen LogP) is 4.23. The predicted molar refractivity (Wildman–Crippen MR) is 80.4 cm³/mol. The molecule has 2 nitrogen and oxygen atoms in total. The maximum Gasteiger partial charge on any atom is 0.0746 e. The van der Waals surface area contributed by atoms with Crippen LogP contribution in [0.15, 0.2) is 12.1 Å². The average Bonchev–Trinajstić information content (AvgIpc) is 2.28. The largest absolute Gasteiger partial charge is 0.368 e. The minimum atomic E-state index is 0.506. The molecule has 1 aromatic carbocycles. The smallest absolute Gasteiger partial charge is 0.0746 e. The first-order valence-electron chi connectivity index (χ1n) is 6.24. The lowest BCUT2D eigenvalue weighted by Crippen LogP contribution is -2.45. The maximum atomic E-state index is 6.26. The normalized spacial score (nSPS) is 20.2. The highest BCUT2D eigenvalue weighted by atomic mass is 35.5. The van der Waals surface area contributed by atoms with E-state index in [1.165, 1.54) is 6.42 Å². The van der Waals surface area contributed by atoms with E-state index in [9.17, 15) is 0 Å². The van der Waals surface area contributed by atoms with Gasteiger partial charge in [-0.1, -0.05) is 41.7 Å². The van der Waals surface area contributed by atoms with Crippen molar-refractivity contribution >= 4 is 40.5 Å². The molecule has 0 amide bonds. The molecule has 0 aromatic heterocycles. The SMILES string of the molecule is CCNC1CCCN(c2c(Cl)cc(Cl)cc2Cl)C1. The van der Waals surface area contributed by atoms with Crippen molar-refractivity contribution in [3.63, 3.8) is 0 Å². The van der Waals surface area contributed by atoms with Crippen LogP contribution in [0.3, 0.4) is 0 Å². The fraction of sp³-hybridized carbons (Fsp3) is 0.538. The monoisotopic (exact) mass is 306 g/mol. The molecule has 1 heterocycles. The zero-order valence-electron chi connectivity index (χ0n) is 10.3. The first-order chi connectivity index (χ1) is 8.61. The highest BCUT2D eigenvalue weighted by Crippen LogP contribution is 2.37. The Bertz CT molecular complexity index is 398. The van der Waals surface area contributed by atoms with E-state index in [-0.39, 0.29) is 0 Å². The van der Waals surface area contributed by atoms with Crippen LogP contribution >= 0.6 is 34.8 Å².